The number of imidazole rings is 1. The number of hydrogen-bond donors (Lipinski definition) is 1. The number of benzene rings is 1. The van der Waals surface area contributed by atoms with E-state index < -0.39 is 0 Å². The summed E-state index contributed by atoms with van der Waals surface area (Å²) in [5.41, 5.74) is 0. The van der Waals surface area contributed by atoms with Gasteiger partial charge in [0, 0.05) is 12.4 Å². The molecule has 1 atom stereocenters. The number of aromatic nitrogens is 2. The van der Waals surface area contributed by atoms with Crippen molar-refractivity contribution in [2.24, 2.45) is 0 Å². The Morgan fingerprint density at radius 3 is 3.05 bits per heavy atom. The average molecular weight is 259 g/mol. The second-order valence-electron chi connectivity index (χ2n) is 4.15. The van der Waals surface area contributed by atoms with Gasteiger partial charge in [-0.05, 0) is 12.1 Å². The molecule has 1 aromatic carbocycles. The van der Waals surface area contributed by atoms with Gasteiger partial charge in [0.25, 0.3) is 0 Å². The van der Waals surface area contributed by atoms with E-state index >= 15 is 0 Å². The molecule has 1 N–H and O–H groups in total. The third kappa shape index (κ3) is 2.52. The van der Waals surface area contributed by atoms with E-state index in [1.54, 1.807) is 12.4 Å². The molecular weight excluding hydrogens is 246 g/mol. The lowest BCUT2D eigenvalue weighted by atomic mass is 10.2. The molecule has 0 radical (unpaired) electrons. The lowest BCUT2D eigenvalue weighted by Crippen LogP contribution is -2.41. The second kappa shape index (κ2) is 5.01. The quantitative estimate of drug-likeness (QED) is 0.882. The molecule has 0 saturated carbocycles. The molecule has 2 heterocycles. The number of fused-ring (bicyclic) bond motifs is 1. The third-order valence-corrected chi connectivity index (χ3v) is 2.79. The van der Waals surface area contributed by atoms with Gasteiger partial charge < -0.3 is 14.8 Å². The van der Waals surface area contributed by atoms with Crippen LogP contribution >= 0.6 is 0 Å². The van der Waals surface area contributed by atoms with Gasteiger partial charge in [0.2, 0.25) is 0 Å². The van der Waals surface area contributed by atoms with Gasteiger partial charge in [0.15, 0.2) is 17.6 Å². The van der Waals surface area contributed by atoms with Gasteiger partial charge in [0.1, 0.15) is 12.9 Å². The summed E-state index contributed by atoms with van der Waals surface area (Å²) in [6.07, 6.45) is 4.39. The van der Waals surface area contributed by atoms with Crippen molar-refractivity contribution in [1.29, 1.82) is 0 Å². The van der Waals surface area contributed by atoms with Crippen LogP contribution in [-0.4, -0.2) is 34.8 Å². The summed E-state index contributed by atoms with van der Waals surface area (Å²) in [5, 5.41) is 2.76. The van der Waals surface area contributed by atoms with Crippen molar-refractivity contribution in [3.8, 4) is 11.5 Å². The van der Waals surface area contributed by atoms with Crippen LogP contribution < -0.4 is 14.8 Å². The Morgan fingerprint density at radius 1 is 1.42 bits per heavy atom. The molecule has 0 bridgehead atoms. The fraction of sp³-hybridized carbons (Fsp3) is 0.231. The number of hydrogen-bond acceptors (Lipinski definition) is 4. The number of nitrogens with one attached hydrogen (secondary N) is 1. The fourth-order valence-corrected chi connectivity index (χ4v) is 1.84. The lowest BCUT2D eigenvalue weighted by Gasteiger charge is -2.26. The number of nitrogens with zero attached hydrogens (tertiary/aromatic N) is 2. The van der Waals surface area contributed by atoms with Crippen LogP contribution in [0.3, 0.4) is 0 Å². The maximum Gasteiger partial charge on any atom is 0.326 e. The van der Waals surface area contributed by atoms with Crippen molar-refractivity contribution in [2.45, 2.75) is 6.10 Å². The molecule has 0 spiro atoms. The van der Waals surface area contributed by atoms with Crippen molar-refractivity contribution in [3.05, 3.63) is 43.0 Å². The van der Waals surface area contributed by atoms with E-state index in [1.807, 2.05) is 24.3 Å². The number of carbonyl (C=O) groups excluding carboxylic acids is 1. The van der Waals surface area contributed by atoms with Gasteiger partial charge in [-0.25, -0.2) is 9.78 Å². The standard InChI is InChI=1S/C13H13N3O3/c17-13(16-6-5-14-9-16)15-7-10-8-18-11-3-1-2-4-12(11)19-10/h1-6,9-10H,7-8H2,(H,15,17)/t10-/m1/s1. The topological polar surface area (TPSA) is 65.4 Å². The number of amides is 1. The van der Waals surface area contributed by atoms with Gasteiger partial charge >= 0.3 is 6.03 Å². The first-order valence-corrected chi connectivity index (χ1v) is 5.97. The second-order valence-corrected chi connectivity index (χ2v) is 4.15. The van der Waals surface area contributed by atoms with Crippen LogP contribution in [0.1, 0.15) is 0 Å². The Bertz CT molecular complexity index is 568. The molecule has 0 aliphatic carbocycles. The van der Waals surface area contributed by atoms with Crippen molar-refractivity contribution in [3.63, 3.8) is 0 Å². The zero-order valence-electron chi connectivity index (χ0n) is 10.2. The van der Waals surface area contributed by atoms with Gasteiger partial charge in [-0.2, -0.15) is 0 Å². The molecule has 98 valence electrons. The Kier molecular flexibility index (Phi) is 3.06. The van der Waals surface area contributed by atoms with Crippen LogP contribution in [0, 0.1) is 0 Å². The smallest absolute Gasteiger partial charge is 0.326 e. The summed E-state index contributed by atoms with van der Waals surface area (Å²) >= 11 is 0. The van der Waals surface area contributed by atoms with Crippen molar-refractivity contribution in [1.82, 2.24) is 14.9 Å². The SMILES string of the molecule is O=C(NC[C@@H]1COc2ccccc2O1)n1ccnc1. The monoisotopic (exact) mass is 259 g/mol. The van der Waals surface area contributed by atoms with Crippen molar-refractivity contribution >= 4 is 6.03 Å². The highest BCUT2D eigenvalue weighted by molar-refractivity contribution is 5.76. The van der Waals surface area contributed by atoms with Crippen LogP contribution in [0.4, 0.5) is 4.79 Å². The van der Waals surface area contributed by atoms with E-state index in [-0.39, 0.29) is 12.1 Å². The van der Waals surface area contributed by atoms with E-state index in [4.69, 9.17) is 9.47 Å². The molecule has 1 aromatic heterocycles. The number of carbonyl (C=O) groups is 1. The summed E-state index contributed by atoms with van der Waals surface area (Å²) in [6.45, 7) is 0.798. The molecule has 2 aromatic rings. The van der Waals surface area contributed by atoms with Crippen LogP contribution in [0.15, 0.2) is 43.0 Å². The molecule has 1 aliphatic heterocycles. The molecule has 0 fully saturated rings. The van der Waals surface area contributed by atoms with E-state index in [2.05, 4.69) is 10.3 Å². The molecule has 6 nitrogen and oxygen atoms in total. The average Bonchev–Trinajstić information content (AvgIpc) is 2.99. The summed E-state index contributed by atoms with van der Waals surface area (Å²) in [6, 6.07) is 7.24. The fourth-order valence-electron chi connectivity index (χ4n) is 1.84. The number of para-hydroxylation sites is 2. The minimum atomic E-state index is -0.236. The Labute approximate surface area is 110 Å². The lowest BCUT2D eigenvalue weighted by molar-refractivity contribution is 0.0918. The molecule has 0 unspecified atom stereocenters. The van der Waals surface area contributed by atoms with E-state index in [9.17, 15) is 4.79 Å². The molecule has 6 heteroatoms. The third-order valence-electron chi connectivity index (χ3n) is 2.79. The molecular formula is C13H13N3O3. The Hall–Kier alpha value is -2.50. The molecule has 1 amide bonds. The van der Waals surface area contributed by atoms with Gasteiger partial charge in [0.05, 0.1) is 6.54 Å². The summed E-state index contributed by atoms with van der Waals surface area (Å²) in [5.74, 6) is 1.44. The first-order valence-electron chi connectivity index (χ1n) is 5.97. The largest absolute Gasteiger partial charge is 0.486 e. The summed E-state index contributed by atoms with van der Waals surface area (Å²) in [7, 11) is 0. The van der Waals surface area contributed by atoms with E-state index in [0.29, 0.717) is 18.9 Å². The zero-order valence-corrected chi connectivity index (χ0v) is 10.2. The number of ether oxygens (including phenoxy) is 2. The molecule has 3 rings (SSSR count). The van der Waals surface area contributed by atoms with Crippen LogP contribution in [0.5, 0.6) is 11.5 Å². The minimum Gasteiger partial charge on any atom is -0.486 e. The van der Waals surface area contributed by atoms with Crippen molar-refractivity contribution < 1.29 is 14.3 Å². The highest BCUT2D eigenvalue weighted by Gasteiger charge is 2.21. The predicted molar refractivity (Wildman–Crippen MR) is 67.4 cm³/mol. The first kappa shape index (κ1) is 11.6. The molecule has 19 heavy (non-hydrogen) atoms. The Morgan fingerprint density at radius 2 is 2.26 bits per heavy atom. The first-order chi connectivity index (χ1) is 9.33. The predicted octanol–water partition coefficient (Wildman–Crippen LogP) is 1.28. The van der Waals surface area contributed by atoms with E-state index in [0.717, 1.165) is 5.75 Å². The zero-order chi connectivity index (χ0) is 13.1. The maximum absolute atomic E-state index is 11.7. The Balaban J connectivity index is 1.57. The maximum atomic E-state index is 11.7. The minimum absolute atomic E-state index is 0.192. The van der Waals surface area contributed by atoms with Gasteiger partial charge in [-0.3, -0.25) is 4.57 Å². The summed E-state index contributed by atoms with van der Waals surface area (Å²) < 4.78 is 12.7. The van der Waals surface area contributed by atoms with Crippen molar-refractivity contribution in [2.75, 3.05) is 13.2 Å². The van der Waals surface area contributed by atoms with Crippen LogP contribution in [0.25, 0.3) is 0 Å². The number of rotatable bonds is 2. The highest BCUT2D eigenvalue weighted by atomic mass is 16.6. The van der Waals surface area contributed by atoms with Crippen LogP contribution in [-0.2, 0) is 0 Å². The highest BCUT2D eigenvalue weighted by Crippen LogP contribution is 2.30. The van der Waals surface area contributed by atoms with Gasteiger partial charge in [-0.15, -0.1) is 0 Å². The van der Waals surface area contributed by atoms with Gasteiger partial charge in [-0.1, -0.05) is 12.1 Å². The molecule has 1 aliphatic rings. The summed E-state index contributed by atoms with van der Waals surface area (Å²) in [4.78, 5) is 15.5. The van der Waals surface area contributed by atoms with E-state index in [1.165, 1.54) is 10.9 Å². The van der Waals surface area contributed by atoms with Crippen LogP contribution in [0.2, 0.25) is 0 Å². The normalized spacial score (nSPS) is 16.9. The molecule has 0 saturated heterocycles.